The fourth-order valence-corrected chi connectivity index (χ4v) is 4.45. The molecule has 3 amide bonds. The van der Waals surface area contributed by atoms with Crippen molar-refractivity contribution in [1.82, 2.24) is 20.9 Å². The molecule has 35 heavy (non-hydrogen) atoms. The van der Waals surface area contributed by atoms with Gasteiger partial charge in [0, 0.05) is 36.8 Å². The first-order valence-corrected chi connectivity index (χ1v) is 12.3. The SMILES string of the molecule is C[C@@H](NC(=O)C1CCCC(F)(F)C1)C(=O)N[C@H](Cc1ccccc1)C(=O)C(=O)NCc1nccs1. The maximum atomic E-state index is 13.7. The molecule has 0 radical (unpaired) electrons. The second kappa shape index (κ2) is 12.0. The number of Topliss-reactive ketones (excluding diaryl/α,β-unsaturated/α-hetero) is 1. The van der Waals surface area contributed by atoms with Crippen molar-refractivity contribution in [2.45, 2.75) is 63.6 Å². The number of nitrogens with one attached hydrogen (secondary N) is 3. The Hall–Kier alpha value is -3.21. The molecule has 11 heteroatoms. The zero-order valence-electron chi connectivity index (χ0n) is 19.3. The summed E-state index contributed by atoms with van der Waals surface area (Å²) in [6.07, 6.45) is 1.39. The summed E-state index contributed by atoms with van der Waals surface area (Å²) in [5.41, 5.74) is 0.722. The normalized spacial score (nSPS) is 18.7. The standard InChI is InChI=1S/C24H28F2N4O4S/c1-15(29-22(33)17-8-5-9-24(25,26)13-17)21(32)30-18(12-16-6-3-2-4-7-16)20(31)23(34)28-14-19-27-10-11-35-19/h2-4,6-7,10-11,15,17-18H,5,8-9,12-14H2,1H3,(H,28,34)(H,29,33)(H,30,32)/t15-,17?,18-/m1/s1. The Kier molecular flexibility index (Phi) is 9.02. The Morgan fingerprint density at radius 3 is 2.57 bits per heavy atom. The number of halogens is 2. The van der Waals surface area contributed by atoms with Gasteiger partial charge in [-0.2, -0.15) is 0 Å². The highest BCUT2D eigenvalue weighted by molar-refractivity contribution is 7.09. The van der Waals surface area contributed by atoms with Crippen molar-refractivity contribution in [3.63, 3.8) is 0 Å². The van der Waals surface area contributed by atoms with Gasteiger partial charge in [-0.15, -0.1) is 11.3 Å². The molecule has 188 valence electrons. The molecule has 3 N–H and O–H groups in total. The average Bonchev–Trinajstić information content (AvgIpc) is 3.35. The zero-order chi connectivity index (χ0) is 25.4. The number of thiazole rings is 1. The maximum absolute atomic E-state index is 13.7. The first-order valence-electron chi connectivity index (χ1n) is 11.4. The van der Waals surface area contributed by atoms with Crippen molar-refractivity contribution < 1.29 is 28.0 Å². The van der Waals surface area contributed by atoms with Crippen LogP contribution in [0.1, 0.15) is 43.2 Å². The summed E-state index contributed by atoms with van der Waals surface area (Å²) in [5.74, 6) is -6.81. The molecule has 1 aliphatic rings. The van der Waals surface area contributed by atoms with E-state index in [2.05, 4.69) is 20.9 Å². The quantitative estimate of drug-likeness (QED) is 0.428. The summed E-state index contributed by atoms with van der Waals surface area (Å²) in [4.78, 5) is 54.7. The van der Waals surface area contributed by atoms with Gasteiger partial charge in [-0.1, -0.05) is 30.3 Å². The average molecular weight is 507 g/mol. The van der Waals surface area contributed by atoms with E-state index in [9.17, 15) is 28.0 Å². The maximum Gasteiger partial charge on any atom is 0.289 e. The molecule has 0 saturated heterocycles. The van der Waals surface area contributed by atoms with Crippen molar-refractivity contribution in [3.05, 3.63) is 52.5 Å². The number of amides is 3. The number of benzene rings is 1. The Morgan fingerprint density at radius 2 is 1.91 bits per heavy atom. The number of rotatable bonds is 10. The summed E-state index contributed by atoms with van der Waals surface area (Å²) < 4.78 is 27.3. The van der Waals surface area contributed by atoms with Crippen molar-refractivity contribution in [2.75, 3.05) is 0 Å². The molecule has 1 heterocycles. The minimum atomic E-state index is -2.90. The van der Waals surface area contributed by atoms with Gasteiger partial charge in [0.2, 0.25) is 23.5 Å². The third-order valence-corrected chi connectivity index (χ3v) is 6.57. The van der Waals surface area contributed by atoms with Gasteiger partial charge < -0.3 is 16.0 Å². The molecule has 0 spiro atoms. The molecule has 1 unspecified atom stereocenters. The Bertz CT molecular complexity index is 1030. The predicted molar refractivity (Wildman–Crippen MR) is 126 cm³/mol. The third kappa shape index (κ3) is 7.91. The summed E-state index contributed by atoms with van der Waals surface area (Å²) in [6, 6.07) is 6.59. The van der Waals surface area contributed by atoms with Crippen LogP contribution in [0, 0.1) is 5.92 Å². The van der Waals surface area contributed by atoms with Crippen LogP contribution in [0.25, 0.3) is 0 Å². The van der Waals surface area contributed by atoms with Crippen molar-refractivity contribution in [3.8, 4) is 0 Å². The number of hydrogen-bond acceptors (Lipinski definition) is 6. The van der Waals surface area contributed by atoms with Gasteiger partial charge in [-0.25, -0.2) is 13.8 Å². The second-order valence-electron chi connectivity index (χ2n) is 8.60. The van der Waals surface area contributed by atoms with Gasteiger partial charge >= 0.3 is 0 Å². The van der Waals surface area contributed by atoms with E-state index in [-0.39, 0.29) is 25.8 Å². The number of aromatic nitrogens is 1. The fraction of sp³-hybridized carbons (Fsp3) is 0.458. The predicted octanol–water partition coefficient (Wildman–Crippen LogP) is 2.39. The van der Waals surface area contributed by atoms with E-state index in [1.54, 1.807) is 41.9 Å². The van der Waals surface area contributed by atoms with E-state index >= 15 is 0 Å². The molecule has 1 aromatic carbocycles. The number of ketones is 1. The minimum absolute atomic E-state index is 0.0611. The summed E-state index contributed by atoms with van der Waals surface area (Å²) in [5, 5.41) is 9.87. The van der Waals surface area contributed by atoms with E-state index in [4.69, 9.17) is 0 Å². The number of alkyl halides is 2. The molecule has 0 aliphatic heterocycles. The summed E-state index contributed by atoms with van der Waals surface area (Å²) in [7, 11) is 0. The highest BCUT2D eigenvalue weighted by atomic mass is 32.1. The molecule has 1 aromatic heterocycles. The van der Waals surface area contributed by atoms with E-state index in [0.717, 1.165) is 5.56 Å². The van der Waals surface area contributed by atoms with Crippen LogP contribution in [0.2, 0.25) is 0 Å². The lowest BCUT2D eigenvalue weighted by molar-refractivity contribution is -0.140. The van der Waals surface area contributed by atoms with Gasteiger partial charge in [0.05, 0.1) is 6.54 Å². The summed E-state index contributed by atoms with van der Waals surface area (Å²) in [6.45, 7) is 1.48. The lowest BCUT2D eigenvalue weighted by Gasteiger charge is -2.29. The van der Waals surface area contributed by atoms with Gasteiger partial charge in [-0.3, -0.25) is 19.2 Å². The Morgan fingerprint density at radius 1 is 1.17 bits per heavy atom. The smallest absolute Gasteiger partial charge is 0.289 e. The molecule has 1 saturated carbocycles. The molecular formula is C24H28F2N4O4S. The highest BCUT2D eigenvalue weighted by Crippen LogP contribution is 2.36. The summed E-state index contributed by atoms with van der Waals surface area (Å²) >= 11 is 1.33. The van der Waals surface area contributed by atoms with Crippen LogP contribution in [0.4, 0.5) is 8.78 Å². The van der Waals surface area contributed by atoms with E-state index in [1.807, 2.05) is 0 Å². The lowest BCUT2D eigenvalue weighted by Crippen LogP contribution is -2.54. The molecular weight excluding hydrogens is 478 g/mol. The molecule has 1 fully saturated rings. The lowest BCUT2D eigenvalue weighted by atomic mass is 9.86. The van der Waals surface area contributed by atoms with Crippen LogP contribution < -0.4 is 16.0 Å². The van der Waals surface area contributed by atoms with Crippen molar-refractivity contribution in [1.29, 1.82) is 0 Å². The van der Waals surface area contributed by atoms with Gasteiger partial charge in [0.25, 0.3) is 5.91 Å². The molecule has 3 rings (SSSR count). The van der Waals surface area contributed by atoms with Crippen LogP contribution in [0.3, 0.4) is 0 Å². The Labute approximate surface area is 205 Å². The van der Waals surface area contributed by atoms with E-state index in [0.29, 0.717) is 11.4 Å². The number of carbonyl (C=O) groups excluding carboxylic acids is 4. The second-order valence-corrected chi connectivity index (χ2v) is 9.58. The fourth-order valence-electron chi connectivity index (χ4n) is 3.89. The molecule has 8 nitrogen and oxygen atoms in total. The van der Waals surface area contributed by atoms with Crippen LogP contribution in [0.5, 0.6) is 0 Å². The van der Waals surface area contributed by atoms with Gasteiger partial charge in [0.1, 0.15) is 17.1 Å². The third-order valence-electron chi connectivity index (χ3n) is 5.79. The van der Waals surface area contributed by atoms with E-state index in [1.165, 1.54) is 18.3 Å². The van der Waals surface area contributed by atoms with Crippen LogP contribution in [-0.4, -0.2) is 46.5 Å². The van der Waals surface area contributed by atoms with E-state index < -0.39 is 53.8 Å². The molecule has 1 aliphatic carbocycles. The zero-order valence-corrected chi connectivity index (χ0v) is 20.1. The topological polar surface area (TPSA) is 117 Å². The van der Waals surface area contributed by atoms with Crippen LogP contribution in [0.15, 0.2) is 41.9 Å². The minimum Gasteiger partial charge on any atom is -0.344 e. The van der Waals surface area contributed by atoms with Gasteiger partial charge in [-0.05, 0) is 25.3 Å². The first kappa shape index (κ1) is 26.4. The Balaban J connectivity index is 1.62. The number of nitrogens with zero attached hydrogens (tertiary/aromatic N) is 1. The molecule has 0 bridgehead atoms. The van der Waals surface area contributed by atoms with Gasteiger partial charge in [0.15, 0.2) is 0 Å². The monoisotopic (exact) mass is 506 g/mol. The first-order chi connectivity index (χ1) is 16.6. The van der Waals surface area contributed by atoms with Crippen LogP contribution in [-0.2, 0) is 32.1 Å². The van der Waals surface area contributed by atoms with Crippen LogP contribution >= 0.6 is 11.3 Å². The van der Waals surface area contributed by atoms with Crippen molar-refractivity contribution in [2.24, 2.45) is 5.92 Å². The largest absolute Gasteiger partial charge is 0.344 e. The highest BCUT2D eigenvalue weighted by Gasteiger charge is 2.39. The molecule has 3 atom stereocenters. The van der Waals surface area contributed by atoms with Crippen molar-refractivity contribution >= 4 is 34.8 Å². The number of hydrogen-bond donors (Lipinski definition) is 3. The molecule has 2 aromatic rings. The number of carbonyl (C=O) groups is 4.